The SMILES string of the molecule is CCCN(CCN(C)C)c1nc(CNC(C)C)cs1. The van der Waals surface area contributed by atoms with Gasteiger partial charge in [0, 0.05) is 37.6 Å². The van der Waals surface area contributed by atoms with Crippen LogP contribution in [0.2, 0.25) is 0 Å². The fourth-order valence-electron chi connectivity index (χ4n) is 1.73. The van der Waals surface area contributed by atoms with Crippen molar-refractivity contribution in [1.82, 2.24) is 15.2 Å². The van der Waals surface area contributed by atoms with Gasteiger partial charge >= 0.3 is 0 Å². The van der Waals surface area contributed by atoms with E-state index < -0.39 is 0 Å². The molecule has 0 amide bonds. The lowest BCUT2D eigenvalue weighted by Crippen LogP contribution is -2.32. The van der Waals surface area contributed by atoms with Gasteiger partial charge in [-0.05, 0) is 20.5 Å². The summed E-state index contributed by atoms with van der Waals surface area (Å²) in [6, 6.07) is 0.505. The lowest BCUT2D eigenvalue weighted by atomic mass is 10.4. The Balaban J connectivity index is 2.58. The number of hydrogen-bond acceptors (Lipinski definition) is 5. The van der Waals surface area contributed by atoms with Crippen molar-refractivity contribution in [2.24, 2.45) is 0 Å². The summed E-state index contributed by atoms with van der Waals surface area (Å²) in [7, 11) is 4.23. The van der Waals surface area contributed by atoms with Gasteiger partial charge in [-0.2, -0.15) is 0 Å². The predicted octanol–water partition coefficient (Wildman–Crippen LogP) is 2.42. The first-order valence-corrected chi connectivity index (χ1v) is 7.98. The molecule has 0 aliphatic heterocycles. The number of nitrogens with zero attached hydrogens (tertiary/aromatic N) is 3. The lowest BCUT2D eigenvalue weighted by Gasteiger charge is -2.23. The zero-order chi connectivity index (χ0) is 14.3. The van der Waals surface area contributed by atoms with Crippen LogP contribution in [0.1, 0.15) is 32.9 Å². The smallest absolute Gasteiger partial charge is 0.185 e. The van der Waals surface area contributed by atoms with E-state index in [-0.39, 0.29) is 0 Å². The van der Waals surface area contributed by atoms with Crippen LogP contribution in [0.4, 0.5) is 5.13 Å². The maximum atomic E-state index is 4.74. The van der Waals surface area contributed by atoms with Crippen LogP contribution in [-0.2, 0) is 6.54 Å². The summed E-state index contributed by atoms with van der Waals surface area (Å²) >= 11 is 1.76. The van der Waals surface area contributed by atoms with Gasteiger partial charge in [-0.3, -0.25) is 0 Å². The second-order valence-corrected chi connectivity index (χ2v) is 6.28. The van der Waals surface area contributed by atoms with Crippen LogP contribution < -0.4 is 10.2 Å². The number of thiazole rings is 1. The summed E-state index contributed by atoms with van der Waals surface area (Å²) in [4.78, 5) is 9.35. The fraction of sp³-hybridized carbons (Fsp3) is 0.786. The Morgan fingerprint density at radius 2 is 2.00 bits per heavy atom. The average Bonchev–Trinajstić information content (AvgIpc) is 2.80. The fourth-order valence-corrected chi connectivity index (χ4v) is 2.60. The molecule has 0 radical (unpaired) electrons. The van der Waals surface area contributed by atoms with Crippen molar-refractivity contribution in [3.05, 3.63) is 11.1 Å². The molecule has 0 atom stereocenters. The number of anilines is 1. The van der Waals surface area contributed by atoms with Crippen molar-refractivity contribution < 1.29 is 0 Å². The Hall–Kier alpha value is -0.650. The summed E-state index contributed by atoms with van der Waals surface area (Å²) in [5, 5.41) is 6.74. The zero-order valence-electron chi connectivity index (χ0n) is 12.9. The number of hydrogen-bond donors (Lipinski definition) is 1. The summed E-state index contributed by atoms with van der Waals surface area (Å²) in [5.74, 6) is 0. The Kier molecular flexibility index (Phi) is 7.34. The van der Waals surface area contributed by atoms with Gasteiger partial charge in [-0.25, -0.2) is 4.98 Å². The van der Waals surface area contributed by atoms with Crippen LogP contribution in [-0.4, -0.2) is 49.7 Å². The zero-order valence-corrected chi connectivity index (χ0v) is 13.8. The Labute approximate surface area is 121 Å². The minimum absolute atomic E-state index is 0.505. The number of rotatable bonds is 9. The molecule has 5 heteroatoms. The van der Waals surface area contributed by atoms with Gasteiger partial charge in [0.05, 0.1) is 5.69 Å². The predicted molar refractivity (Wildman–Crippen MR) is 85.1 cm³/mol. The third-order valence-electron chi connectivity index (χ3n) is 2.81. The van der Waals surface area contributed by atoms with E-state index in [1.807, 2.05) is 0 Å². The molecule has 1 heterocycles. The molecule has 0 unspecified atom stereocenters. The minimum atomic E-state index is 0.505. The Bertz CT molecular complexity index is 349. The van der Waals surface area contributed by atoms with Gasteiger partial charge < -0.3 is 15.1 Å². The second kappa shape index (κ2) is 8.51. The van der Waals surface area contributed by atoms with Crippen molar-refractivity contribution in [2.45, 2.75) is 39.8 Å². The molecule has 1 aromatic rings. The highest BCUT2D eigenvalue weighted by molar-refractivity contribution is 7.13. The highest BCUT2D eigenvalue weighted by atomic mass is 32.1. The van der Waals surface area contributed by atoms with Crippen molar-refractivity contribution in [2.75, 3.05) is 38.6 Å². The molecule has 19 heavy (non-hydrogen) atoms. The quantitative estimate of drug-likeness (QED) is 0.754. The molecule has 1 aromatic heterocycles. The molecule has 0 saturated heterocycles. The van der Waals surface area contributed by atoms with Crippen molar-refractivity contribution in [3.63, 3.8) is 0 Å². The molecule has 1 N–H and O–H groups in total. The van der Waals surface area contributed by atoms with Crippen LogP contribution in [0.25, 0.3) is 0 Å². The largest absolute Gasteiger partial charge is 0.347 e. The maximum Gasteiger partial charge on any atom is 0.185 e. The first-order chi connectivity index (χ1) is 9.02. The number of likely N-dealkylation sites (N-methyl/N-ethyl adjacent to an activating group) is 1. The van der Waals surface area contributed by atoms with Crippen LogP contribution in [0, 0.1) is 0 Å². The van der Waals surface area contributed by atoms with Crippen LogP contribution in [0.5, 0.6) is 0 Å². The van der Waals surface area contributed by atoms with E-state index in [1.54, 1.807) is 11.3 Å². The molecule has 0 spiro atoms. The monoisotopic (exact) mass is 284 g/mol. The first-order valence-electron chi connectivity index (χ1n) is 7.10. The second-order valence-electron chi connectivity index (χ2n) is 5.45. The van der Waals surface area contributed by atoms with Crippen molar-refractivity contribution >= 4 is 16.5 Å². The normalized spacial score (nSPS) is 11.5. The Morgan fingerprint density at radius 1 is 1.26 bits per heavy atom. The van der Waals surface area contributed by atoms with Crippen molar-refractivity contribution in [3.8, 4) is 0 Å². The molecule has 1 rings (SSSR count). The van der Waals surface area contributed by atoms with E-state index in [2.05, 4.69) is 55.4 Å². The van der Waals surface area contributed by atoms with E-state index >= 15 is 0 Å². The molecule has 0 saturated carbocycles. The minimum Gasteiger partial charge on any atom is -0.347 e. The van der Waals surface area contributed by atoms with E-state index in [4.69, 9.17) is 4.98 Å². The van der Waals surface area contributed by atoms with Crippen LogP contribution in [0.15, 0.2) is 5.38 Å². The van der Waals surface area contributed by atoms with Gasteiger partial charge in [0.2, 0.25) is 0 Å². The van der Waals surface area contributed by atoms with Gasteiger partial charge in [0.15, 0.2) is 5.13 Å². The van der Waals surface area contributed by atoms with E-state index in [0.717, 1.165) is 43.4 Å². The molecule has 110 valence electrons. The molecule has 0 aliphatic carbocycles. The molecular formula is C14H28N4S. The van der Waals surface area contributed by atoms with Crippen molar-refractivity contribution in [1.29, 1.82) is 0 Å². The average molecular weight is 284 g/mol. The molecule has 4 nitrogen and oxygen atoms in total. The van der Waals surface area contributed by atoms with E-state index in [9.17, 15) is 0 Å². The van der Waals surface area contributed by atoms with Gasteiger partial charge in [0.25, 0.3) is 0 Å². The van der Waals surface area contributed by atoms with Gasteiger partial charge in [-0.1, -0.05) is 20.8 Å². The van der Waals surface area contributed by atoms with E-state index in [0.29, 0.717) is 6.04 Å². The number of nitrogens with one attached hydrogen (secondary N) is 1. The van der Waals surface area contributed by atoms with Gasteiger partial charge in [-0.15, -0.1) is 11.3 Å². The highest BCUT2D eigenvalue weighted by Crippen LogP contribution is 2.20. The summed E-state index contributed by atoms with van der Waals surface area (Å²) in [5.41, 5.74) is 1.15. The Morgan fingerprint density at radius 3 is 2.58 bits per heavy atom. The third kappa shape index (κ3) is 6.36. The standard InChI is InChI=1S/C14H28N4S/c1-6-7-18(9-8-17(4)5)14-16-13(11-19-14)10-15-12(2)3/h11-12,15H,6-10H2,1-5H3. The lowest BCUT2D eigenvalue weighted by molar-refractivity contribution is 0.413. The molecular weight excluding hydrogens is 256 g/mol. The molecule has 0 aliphatic rings. The van der Waals surface area contributed by atoms with Gasteiger partial charge in [0.1, 0.15) is 0 Å². The van der Waals surface area contributed by atoms with E-state index in [1.165, 1.54) is 0 Å². The molecule has 0 aromatic carbocycles. The topological polar surface area (TPSA) is 31.4 Å². The molecule has 0 bridgehead atoms. The number of aromatic nitrogens is 1. The summed E-state index contributed by atoms with van der Waals surface area (Å²) < 4.78 is 0. The first kappa shape index (κ1) is 16.4. The molecule has 0 fully saturated rings. The van der Waals surface area contributed by atoms with Crippen LogP contribution in [0.3, 0.4) is 0 Å². The highest BCUT2D eigenvalue weighted by Gasteiger charge is 2.10. The maximum absolute atomic E-state index is 4.74. The summed E-state index contributed by atoms with van der Waals surface area (Å²) in [6.07, 6.45) is 1.16. The summed E-state index contributed by atoms with van der Waals surface area (Å²) in [6.45, 7) is 10.6. The third-order valence-corrected chi connectivity index (χ3v) is 3.76. The van der Waals surface area contributed by atoms with Crippen LogP contribution >= 0.6 is 11.3 Å².